The fourth-order valence-electron chi connectivity index (χ4n) is 3.98. The number of nitrogens with zero attached hydrogens (tertiary/aromatic N) is 1. The van der Waals surface area contributed by atoms with Crippen LogP contribution in [-0.2, 0) is 9.47 Å². The van der Waals surface area contributed by atoms with Gasteiger partial charge in [-0.25, -0.2) is 4.79 Å². The van der Waals surface area contributed by atoms with Crippen LogP contribution in [0, 0.1) is 0 Å². The zero-order chi connectivity index (χ0) is 20.7. The van der Waals surface area contributed by atoms with Crippen LogP contribution in [0.25, 0.3) is 0 Å². The number of hydrogen-bond donors (Lipinski definition) is 2. The second-order valence-corrected chi connectivity index (χ2v) is 9.17. The Hall–Kier alpha value is -1.63. The number of hydrogen-bond acceptors (Lipinski definition) is 5. The molecule has 6 heteroatoms. The highest BCUT2D eigenvalue weighted by Crippen LogP contribution is 2.20. The molecule has 1 atom stereocenters. The summed E-state index contributed by atoms with van der Waals surface area (Å²) < 4.78 is 11.0. The Labute approximate surface area is 175 Å². The fourth-order valence-corrected chi connectivity index (χ4v) is 3.98. The Kier molecular flexibility index (Phi) is 7.92. The summed E-state index contributed by atoms with van der Waals surface area (Å²) in [6.45, 7) is 9.82. The Balaban J connectivity index is 1.52. The van der Waals surface area contributed by atoms with Gasteiger partial charge in [0.05, 0.1) is 0 Å². The molecule has 0 bridgehead atoms. The van der Waals surface area contributed by atoms with E-state index >= 15 is 0 Å². The van der Waals surface area contributed by atoms with Crippen LogP contribution in [0.1, 0.15) is 58.1 Å². The first-order valence-corrected chi connectivity index (χ1v) is 11.0. The molecule has 0 aromatic heterocycles. The maximum absolute atomic E-state index is 12.3. The van der Waals surface area contributed by atoms with Crippen LogP contribution in [-0.4, -0.2) is 61.5 Å². The van der Waals surface area contributed by atoms with Crippen molar-refractivity contribution in [2.24, 2.45) is 0 Å². The Morgan fingerprint density at radius 2 is 1.76 bits per heavy atom. The Morgan fingerprint density at radius 3 is 2.38 bits per heavy atom. The third-order valence-electron chi connectivity index (χ3n) is 5.62. The molecule has 0 saturated carbocycles. The van der Waals surface area contributed by atoms with Crippen LogP contribution in [0.3, 0.4) is 0 Å². The van der Waals surface area contributed by atoms with Gasteiger partial charge in [-0.15, -0.1) is 0 Å². The summed E-state index contributed by atoms with van der Waals surface area (Å²) in [5.41, 5.74) is 0.863. The average Bonchev–Trinajstić information content (AvgIpc) is 2.71. The number of piperidine rings is 1. The fraction of sp³-hybridized carbons (Fsp3) is 0.696. The molecule has 2 fully saturated rings. The molecule has 0 spiro atoms. The van der Waals surface area contributed by atoms with E-state index in [9.17, 15) is 4.79 Å². The van der Waals surface area contributed by atoms with Gasteiger partial charge in [-0.1, -0.05) is 30.3 Å². The summed E-state index contributed by atoms with van der Waals surface area (Å²) in [7, 11) is 0. The van der Waals surface area contributed by atoms with Crippen molar-refractivity contribution >= 4 is 6.09 Å². The van der Waals surface area contributed by atoms with Crippen molar-refractivity contribution in [1.82, 2.24) is 15.5 Å². The molecule has 0 radical (unpaired) electrons. The predicted octanol–water partition coefficient (Wildman–Crippen LogP) is 3.49. The van der Waals surface area contributed by atoms with Crippen LogP contribution in [0.2, 0.25) is 0 Å². The van der Waals surface area contributed by atoms with Crippen molar-refractivity contribution in [3.05, 3.63) is 35.9 Å². The topological polar surface area (TPSA) is 62.8 Å². The van der Waals surface area contributed by atoms with Gasteiger partial charge in [0.25, 0.3) is 0 Å². The third-order valence-corrected chi connectivity index (χ3v) is 5.62. The van der Waals surface area contributed by atoms with Gasteiger partial charge in [-0.2, -0.15) is 0 Å². The highest BCUT2D eigenvalue weighted by molar-refractivity contribution is 5.68. The first-order valence-electron chi connectivity index (χ1n) is 11.0. The number of amides is 1. The molecular formula is C23H37N3O3. The molecule has 3 rings (SSSR count). The number of rotatable bonds is 6. The highest BCUT2D eigenvalue weighted by Gasteiger charge is 2.28. The summed E-state index contributed by atoms with van der Waals surface area (Å²) in [6.07, 6.45) is 3.85. The van der Waals surface area contributed by atoms with Crippen LogP contribution >= 0.6 is 0 Å². The molecule has 162 valence electrons. The van der Waals surface area contributed by atoms with Crippen molar-refractivity contribution in [3.63, 3.8) is 0 Å². The summed E-state index contributed by atoms with van der Waals surface area (Å²) in [6, 6.07) is 11.8. The number of ether oxygens (including phenoxy) is 2. The zero-order valence-electron chi connectivity index (χ0n) is 18.2. The Bertz CT molecular complexity index is 618. The molecule has 2 aliphatic heterocycles. The summed E-state index contributed by atoms with van der Waals surface area (Å²) in [5.74, 6) is 0. The number of carbonyl (C=O) groups excluding carboxylic acids is 1. The van der Waals surface area contributed by atoms with Gasteiger partial charge >= 0.3 is 6.09 Å². The number of benzene rings is 1. The minimum absolute atomic E-state index is 0.197. The first kappa shape index (κ1) is 22.1. The van der Waals surface area contributed by atoms with Gasteiger partial charge < -0.3 is 25.0 Å². The standard InChI is InChI=1S/C23H37N3O3/c1-23(2,3)29-22(27)26-13-9-20(10-14-26)25-21(18-7-5-4-6-8-18)17-24-19-11-15-28-16-12-19/h4-8,19-21,24-25H,9-17H2,1-3H3/t21-/m0/s1. The summed E-state index contributed by atoms with van der Waals surface area (Å²) in [4.78, 5) is 14.1. The van der Waals surface area contributed by atoms with Gasteiger partial charge in [-0.3, -0.25) is 0 Å². The third kappa shape index (κ3) is 7.28. The largest absolute Gasteiger partial charge is 0.444 e. The van der Waals surface area contributed by atoms with Gasteiger partial charge in [-0.05, 0) is 52.0 Å². The first-order chi connectivity index (χ1) is 13.9. The van der Waals surface area contributed by atoms with E-state index in [4.69, 9.17) is 9.47 Å². The highest BCUT2D eigenvalue weighted by atomic mass is 16.6. The quantitative estimate of drug-likeness (QED) is 0.761. The molecule has 29 heavy (non-hydrogen) atoms. The second-order valence-electron chi connectivity index (χ2n) is 9.17. The van der Waals surface area contributed by atoms with Crippen LogP contribution in [0.4, 0.5) is 4.79 Å². The van der Waals surface area contributed by atoms with E-state index in [1.807, 2.05) is 25.7 Å². The lowest BCUT2D eigenvalue weighted by molar-refractivity contribution is 0.0195. The normalized spacial score (nSPS) is 20.4. The SMILES string of the molecule is CC(C)(C)OC(=O)N1CCC(N[C@@H](CNC2CCOCC2)c2ccccc2)CC1. The van der Waals surface area contributed by atoms with E-state index in [0.29, 0.717) is 12.1 Å². The van der Waals surface area contributed by atoms with E-state index in [1.54, 1.807) is 0 Å². The monoisotopic (exact) mass is 403 g/mol. The van der Waals surface area contributed by atoms with Gasteiger partial charge in [0.1, 0.15) is 5.60 Å². The van der Waals surface area contributed by atoms with Crippen LogP contribution < -0.4 is 10.6 Å². The lowest BCUT2D eigenvalue weighted by Crippen LogP contribution is -2.49. The molecule has 6 nitrogen and oxygen atoms in total. The zero-order valence-corrected chi connectivity index (χ0v) is 18.2. The maximum atomic E-state index is 12.3. The van der Waals surface area contributed by atoms with E-state index in [-0.39, 0.29) is 12.1 Å². The Morgan fingerprint density at radius 1 is 1.10 bits per heavy atom. The van der Waals surface area contributed by atoms with Crippen molar-refractivity contribution in [2.75, 3.05) is 32.8 Å². The molecule has 2 aliphatic rings. The van der Waals surface area contributed by atoms with Gasteiger partial charge in [0, 0.05) is 51.0 Å². The van der Waals surface area contributed by atoms with Crippen LogP contribution in [0.5, 0.6) is 0 Å². The minimum Gasteiger partial charge on any atom is -0.444 e. The molecule has 0 aliphatic carbocycles. The average molecular weight is 404 g/mol. The van der Waals surface area contributed by atoms with Crippen molar-refractivity contribution in [2.45, 2.75) is 70.2 Å². The van der Waals surface area contributed by atoms with Crippen molar-refractivity contribution in [3.8, 4) is 0 Å². The molecule has 1 aromatic rings. The van der Waals surface area contributed by atoms with Gasteiger partial charge in [0.15, 0.2) is 0 Å². The molecule has 1 amide bonds. The van der Waals surface area contributed by atoms with Crippen molar-refractivity contribution in [1.29, 1.82) is 0 Å². The molecule has 2 heterocycles. The van der Waals surface area contributed by atoms with Crippen LogP contribution in [0.15, 0.2) is 30.3 Å². The van der Waals surface area contributed by atoms with E-state index in [1.165, 1.54) is 5.56 Å². The molecule has 1 aromatic carbocycles. The maximum Gasteiger partial charge on any atom is 0.410 e. The summed E-state index contributed by atoms with van der Waals surface area (Å²) >= 11 is 0. The van der Waals surface area contributed by atoms with E-state index in [0.717, 1.165) is 58.5 Å². The lowest BCUT2D eigenvalue weighted by Gasteiger charge is -2.36. The lowest BCUT2D eigenvalue weighted by atomic mass is 10.00. The minimum atomic E-state index is -0.444. The molecule has 2 saturated heterocycles. The summed E-state index contributed by atoms with van der Waals surface area (Å²) in [5, 5.41) is 7.58. The molecule has 0 unspecified atom stereocenters. The second kappa shape index (κ2) is 10.4. The van der Waals surface area contributed by atoms with Crippen molar-refractivity contribution < 1.29 is 14.3 Å². The van der Waals surface area contributed by atoms with E-state index in [2.05, 4.69) is 41.0 Å². The van der Waals surface area contributed by atoms with E-state index < -0.39 is 5.60 Å². The number of likely N-dealkylation sites (tertiary alicyclic amines) is 1. The van der Waals surface area contributed by atoms with Gasteiger partial charge in [0.2, 0.25) is 0 Å². The predicted molar refractivity (Wildman–Crippen MR) is 115 cm³/mol. The number of nitrogens with one attached hydrogen (secondary N) is 2. The smallest absolute Gasteiger partial charge is 0.410 e. The number of carbonyl (C=O) groups is 1. The molecule has 2 N–H and O–H groups in total. The molecular weight excluding hydrogens is 366 g/mol.